The Morgan fingerprint density at radius 2 is 2.00 bits per heavy atom. The van der Waals surface area contributed by atoms with Crippen LogP contribution in [-0.2, 0) is 9.53 Å². The van der Waals surface area contributed by atoms with Gasteiger partial charge in [0.15, 0.2) is 5.60 Å². The van der Waals surface area contributed by atoms with Crippen LogP contribution in [0, 0.1) is 0 Å². The third kappa shape index (κ3) is 1.65. The Balaban J connectivity index is 2.43. The first kappa shape index (κ1) is 11.0. The fraction of sp³-hybridized carbons (Fsp3) is 0.273. The van der Waals surface area contributed by atoms with Crippen molar-refractivity contribution in [3.05, 3.63) is 29.3 Å². The molecule has 0 N–H and O–H groups in total. The van der Waals surface area contributed by atoms with Crippen LogP contribution in [0.2, 0.25) is 5.02 Å². The van der Waals surface area contributed by atoms with Crippen molar-refractivity contribution in [3.63, 3.8) is 0 Å². The van der Waals surface area contributed by atoms with Gasteiger partial charge in [0.25, 0.3) is 5.91 Å². The van der Waals surface area contributed by atoms with Crippen LogP contribution in [0.3, 0.4) is 0 Å². The number of cyclic esters (lactones) is 1. The minimum Gasteiger partial charge on any atom is -0.433 e. The lowest BCUT2D eigenvalue weighted by Gasteiger charge is -2.13. The highest BCUT2D eigenvalue weighted by Gasteiger charge is 2.47. The lowest BCUT2D eigenvalue weighted by molar-refractivity contribution is -0.127. The number of rotatable bonds is 1. The summed E-state index contributed by atoms with van der Waals surface area (Å²) in [4.78, 5) is 24.4. The molecule has 0 atom stereocenters. The summed E-state index contributed by atoms with van der Waals surface area (Å²) < 4.78 is 4.96. The third-order valence-electron chi connectivity index (χ3n) is 2.31. The second kappa shape index (κ2) is 3.49. The summed E-state index contributed by atoms with van der Waals surface area (Å²) in [5.41, 5.74) is -0.688. The van der Waals surface area contributed by atoms with Crippen molar-refractivity contribution in [2.24, 2.45) is 0 Å². The first-order valence-corrected chi connectivity index (χ1v) is 5.13. The predicted molar refractivity (Wildman–Crippen MR) is 59.5 cm³/mol. The average Bonchev–Trinajstić information content (AvgIpc) is 2.36. The molecule has 0 saturated carbocycles. The molecule has 0 aliphatic carbocycles. The molecule has 1 aliphatic rings. The molecule has 5 heteroatoms. The van der Waals surface area contributed by atoms with Crippen LogP contribution in [0.4, 0.5) is 10.5 Å². The van der Waals surface area contributed by atoms with Gasteiger partial charge < -0.3 is 4.74 Å². The molecule has 84 valence electrons. The number of hydrogen-bond donors (Lipinski definition) is 0. The van der Waals surface area contributed by atoms with Gasteiger partial charge in [-0.2, -0.15) is 0 Å². The van der Waals surface area contributed by atoms with Gasteiger partial charge in [-0.3, -0.25) is 4.79 Å². The standard InChI is InChI=1S/C11H10ClNO3/c1-11(2)9(14)13(10(15)16-11)8-5-3-4-7(12)6-8/h3-6H,1-2H3. The van der Waals surface area contributed by atoms with Crippen molar-refractivity contribution in [1.82, 2.24) is 0 Å². The molecule has 2 rings (SSSR count). The van der Waals surface area contributed by atoms with E-state index in [1.165, 1.54) is 0 Å². The zero-order valence-corrected chi connectivity index (χ0v) is 9.62. The number of hydrogen-bond acceptors (Lipinski definition) is 3. The molecule has 0 aromatic heterocycles. The zero-order chi connectivity index (χ0) is 11.9. The van der Waals surface area contributed by atoms with Crippen molar-refractivity contribution in [2.75, 3.05) is 4.90 Å². The number of benzene rings is 1. The minimum absolute atomic E-state index is 0.389. The number of carbonyl (C=O) groups is 2. The van der Waals surface area contributed by atoms with E-state index in [1.807, 2.05) is 0 Å². The highest BCUT2D eigenvalue weighted by molar-refractivity contribution is 6.31. The number of anilines is 1. The molecule has 16 heavy (non-hydrogen) atoms. The molecule has 1 saturated heterocycles. The lowest BCUT2D eigenvalue weighted by atomic mass is 10.1. The number of imide groups is 1. The predicted octanol–water partition coefficient (Wildman–Crippen LogP) is 2.60. The summed E-state index contributed by atoms with van der Waals surface area (Å²) in [7, 11) is 0. The van der Waals surface area contributed by atoms with Gasteiger partial charge in [-0.1, -0.05) is 17.7 Å². The summed E-state index contributed by atoms with van der Waals surface area (Å²) in [6, 6.07) is 6.51. The van der Waals surface area contributed by atoms with E-state index in [9.17, 15) is 9.59 Å². The van der Waals surface area contributed by atoms with Crippen molar-refractivity contribution >= 4 is 29.3 Å². The van der Waals surface area contributed by atoms with Crippen molar-refractivity contribution in [1.29, 1.82) is 0 Å². The van der Waals surface area contributed by atoms with Gasteiger partial charge >= 0.3 is 6.09 Å². The van der Waals surface area contributed by atoms with Gasteiger partial charge in [0.05, 0.1) is 5.69 Å². The first-order valence-electron chi connectivity index (χ1n) is 4.75. The van der Waals surface area contributed by atoms with Crippen LogP contribution >= 0.6 is 11.6 Å². The van der Waals surface area contributed by atoms with E-state index < -0.39 is 11.7 Å². The van der Waals surface area contributed by atoms with Gasteiger partial charge in [-0.15, -0.1) is 0 Å². The van der Waals surface area contributed by atoms with Gasteiger partial charge in [0.1, 0.15) is 0 Å². The van der Waals surface area contributed by atoms with Crippen LogP contribution in [0.25, 0.3) is 0 Å². The topological polar surface area (TPSA) is 46.6 Å². The van der Waals surface area contributed by atoms with Crippen LogP contribution in [-0.4, -0.2) is 17.6 Å². The summed E-state index contributed by atoms with van der Waals surface area (Å²) in [5.74, 6) is -0.389. The van der Waals surface area contributed by atoms with Crippen molar-refractivity contribution in [2.45, 2.75) is 19.4 Å². The minimum atomic E-state index is -1.11. The molecule has 4 nitrogen and oxygen atoms in total. The van der Waals surface area contributed by atoms with E-state index in [0.717, 1.165) is 4.90 Å². The molecule has 1 aliphatic heterocycles. The van der Waals surface area contributed by atoms with Gasteiger partial charge in [0, 0.05) is 5.02 Å². The number of amides is 2. The molecule has 1 aromatic rings. The SMILES string of the molecule is CC1(C)OC(=O)N(c2cccc(Cl)c2)C1=O. The smallest absolute Gasteiger partial charge is 0.422 e. The van der Waals surface area contributed by atoms with Crippen LogP contribution < -0.4 is 4.90 Å². The van der Waals surface area contributed by atoms with Gasteiger partial charge in [-0.25, -0.2) is 9.69 Å². The second-order valence-corrected chi connectivity index (χ2v) is 4.44. The molecule has 1 aromatic carbocycles. The van der Waals surface area contributed by atoms with Crippen molar-refractivity contribution < 1.29 is 14.3 Å². The fourth-order valence-corrected chi connectivity index (χ4v) is 1.68. The highest BCUT2D eigenvalue weighted by atomic mass is 35.5. The molecule has 1 fully saturated rings. The van der Waals surface area contributed by atoms with E-state index >= 15 is 0 Å². The molecule has 2 amide bonds. The van der Waals surface area contributed by atoms with E-state index in [-0.39, 0.29) is 5.91 Å². The quantitative estimate of drug-likeness (QED) is 0.757. The third-order valence-corrected chi connectivity index (χ3v) is 2.54. The maximum atomic E-state index is 11.9. The van der Waals surface area contributed by atoms with Crippen molar-refractivity contribution in [3.8, 4) is 0 Å². The fourth-order valence-electron chi connectivity index (χ4n) is 1.50. The Bertz CT molecular complexity index is 470. The van der Waals surface area contributed by atoms with E-state index in [0.29, 0.717) is 10.7 Å². The Labute approximate surface area is 97.7 Å². The normalized spacial score (nSPS) is 18.8. The van der Waals surface area contributed by atoms with Gasteiger partial charge in [0.2, 0.25) is 0 Å². The molecular formula is C11H10ClNO3. The molecule has 1 heterocycles. The summed E-state index contributed by atoms with van der Waals surface area (Å²) in [5, 5.41) is 0.461. The monoisotopic (exact) mass is 239 g/mol. The number of halogens is 1. The van der Waals surface area contributed by atoms with E-state index in [2.05, 4.69) is 0 Å². The second-order valence-electron chi connectivity index (χ2n) is 4.00. The van der Waals surface area contributed by atoms with Crippen LogP contribution in [0.5, 0.6) is 0 Å². The summed E-state index contributed by atoms with van der Waals surface area (Å²) >= 11 is 5.80. The van der Waals surface area contributed by atoms with Crippen LogP contribution in [0.15, 0.2) is 24.3 Å². The number of ether oxygens (including phenoxy) is 1. The van der Waals surface area contributed by atoms with Gasteiger partial charge in [-0.05, 0) is 32.0 Å². The summed E-state index contributed by atoms with van der Waals surface area (Å²) in [6.45, 7) is 3.11. The maximum absolute atomic E-state index is 11.9. The zero-order valence-electron chi connectivity index (χ0n) is 8.86. The van der Waals surface area contributed by atoms with E-state index in [4.69, 9.17) is 16.3 Å². The molecule has 0 unspecified atom stereocenters. The highest BCUT2D eigenvalue weighted by Crippen LogP contribution is 2.30. The summed E-state index contributed by atoms with van der Waals surface area (Å²) in [6.07, 6.45) is -0.669. The molecular weight excluding hydrogens is 230 g/mol. The first-order chi connectivity index (χ1) is 7.42. The van der Waals surface area contributed by atoms with Crippen LogP contribution in [0.1, 0.15) is 13.8 Å². The Morgan fingerprint density at radius 3 is 2.50 bits per heavy atom. The average molecular weight is 240 g/mol. The molecule has 0 spiro atoms. The maximum Gasteiger partial charge on any atom is 0.422 e. The Kier molecular flexibility index (Phi) is 2.39. The molecule has 0 bridgehead atoms. The Morgan fingerprint density at radius 1 is 1.31 bits per heavy atom. The largest absolute Gasteiger partial charge is 0.433 e. The Hall–Kier alpha value is -1.55. The van der Waals surface area contributed by atoms with E-state index in [1.54, 1.807) is 38.1 Å². The number of carbonyl (C=O) groups excluding carboxylic acids is 2. The molecule has 0 radical (unpaired) electrons. The lowest BCUT2D eigenvalue weighted by Crippen LogP contribution is -2.36. The number of nitrogens with zero attached hydrogens (tertiary/aromatic N) is 1.